The van der Waals surface area contributed by atoms with Crippen LogP contribution < -0.4 is 0 Å². The summed E-state index contributed by atoms with van der Waals surface area (Å²) < 4.78 is 64.9. The Balaban J connectivity index is 2.71. The van der Waals surface area contributed by atoms with Gasteiger partial charge in [-0.1, -0.05) is 11.6 Å². The van der Waals surface area contributed by atoms with Crippen molar-refractivity contribution >= 4 is 17.6 Å². The van der Waals surface area contributed by atoms with Crippen molar-refractivity contribution in [3.8, 4) is 5.69 Å². The topological polar surface area (TPSA) is 55.1 Å². The second-order valence-electron chi connectivity index (χ2n) is 3.79. The molecule has 0 aliphatic rings. The first-order valence-corrected chi connectivity index (χ1v) is 5.56. The van der Waals surface area contributed by atoms with Gasteiger partial charge < -0.3 is 5.11 Å². The number of benzene rings is 1. The molecule has 2 rings (SSSR count). The number of carbonyl (C=O) groups is 1. The molecule has 0 saturated heterocycles. The van der Waals surface area contributed by atoms with Gasteiger partial charge in [0.25, 0.3) is 6.43 Å². The van der Waals surface area contributed by atoms with Crippen molar-refractivity contribution in [2.75, 3.05) is 0 Å². The normalized spacial score (nSPS) is 11.2. The van der Waals surface area contributed by atoms with Gasteiger partial charge in [0.15, 0.2) is 17.5 Å². The molecule has 4 nitrogen and oxygen atoms in total. The fraction of sp³-hybridized carbons (Fsp3) is 0.0909. The van der Waals surface area contributed by atoms with E-state index in [0.29, 0.717) is 16.8 Å². The summed E-state index contributed by atoms with van der Waals surface area (Å²) in [7, 11) is 0. The van der Waals surface area contributed by atoms with Gasteiger partial charge in [-0.3, -0.25) is 0 Å². The molecule has 2 aromatic rings. The molecule has 0 fully saturated rings. The molecule has 10 heteroatoms. The van der Waals surface area contributed by atoms with E-state index in [1.165, 1.54) is 0 Å². The summed E-state index contributed by atoms with van der Waals surface area (Å²) in [6.45, 7) is 0. The lowest BCUT2D eigenvalue weighted by Crippen LogP contribution is -2.02. The van der Waals surface area contributed by atoms with Crippen molar-refractivity contribution in [2.45, 2.75) is 6.43 Å². The molecule has 1 N–H and O–H groups in total. The van der Waals surface area contributed by atoms with Gasteiger partial charge in [-0.2, -0.15) is 5.10 Å². The summed E-state index contributed by atoms with van der Waals surface area (Å²) in [5.74, 6) is -6.77. The molecule has 0 saturated carbocycles. The van der Waals surface area contributed by atoms with Crippen molar-refractivity contribution < 1.29 is 31.9 Å². The minimum absolute atomic E-state index is 0.387. The maximum Gasteiger partial charge on any atom is 0.341 e. The molecular formula is C11H4ClF5N2O2. The van der Waals surface area contributed by atoms with Crippen LogP contribution in [-0.2, 0) is 0 Å². The Morgan fingerprint density at radius 1 is 1.24 bits per heavy atom. The quantitative estimate of drug-likeness (QED) is 0.693. The number of carboxylic acid groups (broad SMARTS) is 1. The van der Waals surface area contributed by atoms with Gasteiger partial charge in [0.2, 0.25) is 0 Å². The molecule has 1 aromatic heterocycles. The van der Waals surface area contributed by atoms with E-state index in [4.69, 9.17) is 16.7 Å². The zero-order valence-corrected chi connectivity index (χ0v) is 10.5. The first-order valence-electron chi connectivity index (χ1n) is 5.18. The molecule has 0 aliphatic carbocycles. The largest absolute Gasteiger partial charge is 0.478 e. The minimum atomic E-state index is -3.27. The molecule has 1 aromatic carbocycles. The Hall–Kier alpha value is -2.16. The van der Waals surface area contributed by atoms with Gasteiger partial charge in [0.05, 0.1) is 5.69 Å². The van der Waals surface area contributed by atoms with E-state index in [-0.39, 0.29) is 0 Å². The Bertz CT molecular complexity index is 709. The summed E-state index contributed by atoms with van der Waals surface area (Å²) in [5.41, 5.74) is -2.71. The Labute approximate surface area is 118 Å². The third-order valence-corrected chi connectivity index (χ3v) is 2.84. The summed E-state index contributed by atoms with van der Waals surface area (Å²) in [6, 6.07) is 0.885. The second kappa shape index (κ2) is 5.32. The van der Waals surface area contributed by atoms with Gasteiger partial charge in [0.1, 0.15) is 16.4 Å². The van der Waals surface area contributed by atoms with E-state index in [0.717, 1.165) is 0 Å². The van der Waals surface area contributed by atoms with E-state index >= 15 is 0 Å². The molecule has 21 heavy (non-hydrogen) atoms. The van der Waals surface area contributed by atoms with Gasteiger partial charge in [-0.05, 0) is 0 Å². The number of hydrogen-bond acceptors (Lipinski definition) is 2. The number of alkyl halides is 2. The molecule has 0 amide bonds. The van der Waals surface area contributed by atoms with Crippen LogP contribution in [0.25, 0.3) is 5.69 Å². The van der Waals surface area contributed by atoms with Crippen LogP contribution in [0.3, 0.4) is 0 Å². The van der Waals surface area contributed by atoms with Crippen molar-refractivity contribution in [3.63, 3.8) is 0 Å². The van der Waals surface area contributed by atoms with Crippen LogP contribution in [0.4, 0.5) is 22.0 Å². The lowest BCUT2D eigenvalue weighted by molar-refractivity contribution is 0.0684. The fourth-order valence-corrected chi connectivity index (χ4v) is 1.91. The number of rotatable bonds is 3. The van der Waals surface area contributed by atoms with Gasteiger partial charge in [-0.15, -0.1) is 0 Å². The molecule has 0 bridgehead atoms. The van der Waals surface area contributed by atoms with Crippen LogP contribution >= 0.6 is 11.6 Å². The zero-order valence-electron chi connectivity index (χ0n) is 9.75. The Kier molecular flexibility index (Phi) is 3.86. The first-order chi connectivity index (χ1) is 9.73. The molecule has 1 heterocycles. The van der Waals surface area contributed by atoms with E-state index in [1.807, 2.05) is 0 Å². The highest BCUT2D eigenvalue weighted by Gasteiger charge is 2.29. The average molecular weight is 327 g/mol. The van der Waals surface area contributed by atoms with Crippen molar-refractivity contribution in [1.29, 1.82) is 0 Å². The fourth-order valence-electron chi connectivity index (χ4n) is 1.60. The van der Waals surface area contributed by atoms with Crippen LogP contribution in [0, 0.1) is 17.5 Å². The summed E-state index contributed by atoms with van der Waals surface area (Å²) in [4.78, 5) is 10.9. The van der Waals surface area contributed by atoms with Crippen molar-refractivity contribution in [2.24, 2.45) is 0 Å². The second-order valence-corrected chi connectivity index (χ2v) is 4.15. The molecule has 0 unspecified atom stereocenters. The van der Waals surface area contributed by atoms with Gasteiger partial charge in [-0.25, -0.2) is 31.4 Å². The van der Waals surface area contributed by atoms with E-state index in [1.54, 1.807) is 0 Å². The standard InChI is InChI=1S/C11H4ClF5N2O2/c12-9-6(11(20)21)8(10(16)17)18-19(9)3-1-4(13)7(15)5(14)2-3/h1-2,10H,(H,20,21). The van der Waals surface area contributed by atoms with Crippen LogP contribution in [0.1, 0.15) is 22.5 Å². The molecule has 112 valence electrons. The smallest absolute Gasteiger partial charge is 0.341 e. The highest BCUT2D eigenvalue weighted by molar-refractivity contribution is 6.33. The van der Waals surface area contributed by atoms with Crippen molar-refractivity contribution in [1.82, 2.24) is 9.78 Å². The molecule has 0 aliphatic heterocycles. The summed E-state index contributed by atoms with van der Waals surface area (Å²) in [6.07, 6.45) is -3.27. The Morgan fingerprint density at radius 2 is 1.76 bits per heavy atom. The lowest BCUT2D eigenvalue weighted by atomic mass is 10.2. The maximum atomic E-state index is 13.1. The lowest BCUT2D eigenvalue weighted by Gasteiger charge is -2.04. The van der Waals surface area contributed by atoms with Gasteiger partial charge in [0, 0.05) is 12.1 Å². The maximum absolute atomic E-state index is 13.1. The summed E-state index contributed by atoms with van der Waals surface area (Å²) in [5, 5.41) is 11.3. The van der Waals surface area contributed by atoms with E-state index < -0.39 is 51.9 Å². The number of halogens is 6. The van der Waals surface area contributed by atoms with E-state index in [2.05, 4.69) is 5.10 Å². The third-order valence-electron chi connectivity index (χ3n) is 2.49. The number of hydrogen-bond donors (Lipinski definition) is 1. The highest BCUT2D eigenvalue weighted by atomic mass is 35.5. The van der Waals surface area contributed by atoms with Crippen LogP contribution in [-0.4, -0.2) is 20.9 Å². The number of aromatic carboxylic acids is 1. The van der Waals surface area contributed by atoms with Crippen LogP contribution in [0.2, 0.25) is 5.15 Å². The minimum Gasteiger partial charge on any atom is -0.478 e. The Morgan fingerprint density at radius 3 is 2.14 bits per heavy atom. The van der Waals surface area contributed by atoms with Gasteiger partial charge >= 0.3 is 5.97 Å². The van der Waals surface area contributed by atoms with E-state index in [9.17, 15) is 26.7 Å². The third kappa shape index (κ3) is 2.56. The van der Waals surface area contributed by atoms with Crippen LogP contribution in [0.15, 0.2) is 12.1 Å². The number of nitrogens with zero attached hydrogens (tertiary/aromatic N) is 2. The predicted octanol–water partition coefficient (Wildman–Crippen LogP) is 3.58. The predicted molar refractivity (Wildman–Crippen MR) is 60.4 cm³/mol. The van der Waals surface area contributed by atoms with Crippen molar-refractivity contribution in [3.05, 3.63) is 46.0 Å². The highest BCUT2D eigenvalue weighted by Crippen LogP contribution is 2.30. The summed E-state index contributed by atoms with van der Waals surface area (Å²) >= 11 is 5.60. The average Bonchev–Trinajstić information content (AvgIpc) is 2.73. The molecule has 0 atom stereocenters. The monoisotopic (exact) mass is 326 g/mol. The first kappa shape index (κ1) is 15.2. The number of carboxylic acids is 1. The molecule has 0 radical (unpaired) electrons. The zero-order chi connectivity index (χ0) is 15.9. The molecular weight excluding hydrogens is 323 g/mol. The SMILES string of the molecule is O=C(O)c1c(C(F)F)nn(-c2cc(F)c(F)c(F)c2)c1Cl. The number of aromatic nitrogens is 2. The molecule has 0 spiro atoms. The van der Waals surface area contributed by atoms with Crippen LogP contribution in [0.5, 0.6) is 0 Å².